The maximum absolute atomic E-state index is 11.6. The first-order chi connectivity index (χ1) is 12.1. The quantitative estimate of drug-likeness (QED) is 0.684. The van der Waals surface area contributed by atoms with E-state index in [4.69, 9.17) is 0 Å². The molecule has 1 atom stereocenters. The number of hydrogen-bond donors (Lipinski definition) is 0. The fourth-order valence-corrected chi connectivity index (χ4v) is 3.46. The van der Waals surface area contributed by atoms with E-state index in [2.05, 4.69) is 29.5 Å². The molecule has 0 amide bonds. The van der Waals surface area contributed by atoms with Gasteiger partial charge in [0.25, 0.3) is 0 Å². The van der Waals surface area contributed by atoms with Gasteiger partial charge in [0.2, 0.25) is 5.95 Å². The number of pyridine rings is 1. The van der Waals surface area contributed by atoms with E-state index in [0.29, 0.717) is 11.5 Å². The van der Waals surface area contributed by atoms with Gasteiger partial charge in [0.05, 0.1) is 11.3 Å². The van der Waals surface area contributed by atoms with Crippen LogP contribution >= 0.6 is 0 Å². The van der Waals surface area contributed by atoms with Crippen molar-refractivity contribution >= 4 is 17.4 Å². The van der Waals surface area contributed by atoms with Crippen LogP contribution in [-0.4, -0.2) is 43.4 Å². The first kappa shape index (κ1) is 15.7. The Morgan fingerprint density at radius 3 is 2.96 bits per heavy atom. The molecule has 0 saturated carbocycles. The molecule has 1 unspecified atom stereocenters. The molecular weight excluding hydrogens is 316 g/mol. The van der Waals surface area contributed by atoms with Crippen LogP contribution in [0.5, 0.6) is 0 Å². The number of ketones is 1. The van der Waals surface area contributed by atoms with Crippen LogP contribution in [0.15, 0.2) is 30.6 Å². The maximum Gasteiger partial charge on any atom is 0.225 e. The molecule has 0 spiro atoms. The number of piperidine rings is 1. The topological polar surface area (TPSA) is 76.3 Å². The van der Waals surface area contributed by atoms with Gasteiger partial charge >= 0.3 is 0 Å². The minimum Gasteiger partial charge on any atom is -0.340 e. The first-order valence-corrected chi connectivity index (χ1v) is 8.52. The highest BCUT2D eigenvalue weighted by atomic mass is 16.1. The molecule has 4 heterocycles. The molecule has 1 aliphatic heterocycles. The largest absolute Gasteiger partial charge is 0.340 e. The van der Waals surface area contributed by atoms with E-state index in [0.717, 1.165) is 43.1 Å². The lowest BCUT2D eigenvalue weighted by atomic mass is 9.97. The monoisotopic (exact) mass is 336 g/mol. The van der Waals surface area contributed by atoms with E-state index in [1.54, 1.807) is 13.1 Å². The number of nitrogens with zero attached hydrogens (tertiary/aromatic N) is 6. The predicted octanol–water partition coefficient (Wildman–Crippen LogP) is 2.41. The Morgan fingerprint density at radius 2 is 2.16 bits per heavy atom. The molecule has 25 heavy (non-hydrogen) atoms. The second kappa shape index (κ2) is 6.23. The smallest absolute Gasteiger partial charge is 0.225 e. The van der Waals surface area contributed by atoms with Crippen LogP contribution in [0.1, 0.15) is 47.6 Å². The molecule has 1 fully saturated rings. The average Bonchev–Trinajstić information content (AvgIpc) is 3.05. The fraction of sp³-hybridized carbons (Fsp3) is 0.389. The molecule has 3 aromatic heterocycles. The van der Waals surface area contributed by atoms with Crippen LogP contribution in [0.4, 0.5) is 5.95 Å². The van der Waals surface area contributed by atoms with Crippen molar-refractivity contribution in [2.24, 2.45) is 0 Å². The summed E-state index contributed by atoms with van der Waals surface area (Å²) in [5, 5.41) is 8.67. The molecular formula is C18H20N6O. The standard InChI is InChI=1S/C18H20N6O/c1-12-15(13(2)25)10-19-18(20-12)23-8-5-6-14(11-23)17-22-21-16-7-3-4-9-24(16)17/h3-4,7,9-10,14H,5-6,8,11H2,1-2H3. The summed E-state index contributed by atoms with van der Waals surface area (Å²) in [5.74, 6) is 1.94. The lowest BCUT2D eigenvalue weighted by Crippen LogP contribution is -2.36. The number of rotatable bonds is 3. The summed E-state index contributed by atoms with van der Waals surface area (Å²) in [4.78, 5) is 22.7. The van der Waals surface area contributed by atoms with Gasteiger partial charge in [-0.2, -0.15) is 0 Å². The van der Waals surface area contributed by atoms with Gasteiger partial charge in [-0.25, -0.2) is 9.97 Å². The Bertz CT molecular complexity index is 934. The Labute approximate surface area is 145 Å². The van der Waals surface area contributed by atoms with E-state index in [1.165, 1.54) is 0 Å². The molecule has 7 heteroatoms. The van der Waals surface area contributed by atoms with Crippen molar-refractivity contribution < 1.29 is 4.79 Å². The highest BCUT2D eigenvalue weighted by molar-refractivity contribution is 5.94. The van der Waals surface area contributed by atoms with Crippen molar-refractivity contribution in [1.29, 1.82) is 0 Å². The van der Waals surface area contributed by atoms with Crippen LogP contribution in [0.3, 0.4) is 0 Å². The van der Waals surface area contributed by atoms with Crippen LogP contribution in [0.25, 0.3) is 5.65 Å². The third-order valence-corrected chi connectivity index (χ3v) is 4.76. The van der Waals surface area contributed by atoms with Gasteiger partial charge in [-0.05, 0) is 38.8 Å². The third kappa shape index (κ3) is 2.86. The van der Waals surface area contributed by atoms with E-state index >= 15 is 0 Å². The van der Waals surface area contributed by atoms with Crippen molar-refractivity contribution in [3.63, 3.8) is 0 Å². The number of carbonyl (C=O) groups is 1. The molecule has 1 saturated heterocycles. The third-order valence-electron chi connectivity index (χ3n) is 4.76. The highest BCUT2D eigenvalue weighted by Gasteiger charge is 2.27. The minimum absolute atomic E-state index is 0.00417. The number of fused-ring (bicyclic) bond motifs is 1. The van der Waals surface area contributed by atoms with Crippen molar-refractivity contribution in [2.45, 2.75) is 32.6 Å². The van der Waals surface area contributed by atoms with Crippen LogP contribution in [-0.2, 0) is 0 Å². The van der Waals surface area contributed by atoms with Gasteiger partial charge in [0, 0.05) is 31.4 Å². The summed E-state index contributed by atoms with van der Waals surface area (Å²) >= 11 is 0. The Hall–Kier alpha value is -2.83. The van der Waals surface area contributed by atoms with Gasteiger partial charge in [0.1, 0.15) is 5.82 Å². The highest BCUT2D eigenvalue weighted by Crippen LogP contribution is 2.28. The van der Waals surface area contributed by atoms with Crippen molar-refractivity contribution in [3.8, 4) is 0 Å². The second-order valence-corrected chi connectivity index (χ2v) is 6.50. The van der Waals surface area contributed by atoms with Crippen molar-refractivity contribution in [3.05, 3.63) is 47.7 Å². The summed E-state index contributed by atoms with van der Waals surface area (Å²) in [6.45, 7) is 5.11. The molecule has 0 bridgehead atoms. The molecule has 7 nitrogen and oxygen atoms in total. The van der Waals surface area contributed by atoms with Crippen molar-refractivity contribution in [1.82, 2.24) is 24.6 Å². The SMILES string of the molecule is CC(=O)c1cnc(N2CCCC(c3nnc4ccccn34)C2)nc1C. The number of Topliss-reactive ketones (excluding diaryl/α,β-unsaturated/α-hetero) is 1. The Kier molecular flexibility index (Phi) is 3.91. The number of aromatic nitrogens is 5. The minimum atomic E-state index is -0.00417. The molecule has 128 valence electrons. The van der Waals surface area contributed by atoms with Gasteiger partial charge in [-0.15, -0.1) is 10.2 Å². The van der Waals surface area contributed by atoms with Crippen LogP contribution in [0.2, 0.25) is 0 Å². The molecule has 0 N–H and O–H groups in total. The average molecular weight is 336 g/mol. The fourth-order valence-electron chi connectivity index (χ4n) is 3.46. The maximum atomic E-state index is 11.6. The Balaban J connectivity index is 1.61. The van der Waals surface area contributed by atoms with Gasteiger partial charge in [0.15, 0.2) is 11.4 Å². The zero-order valence-electron chi connectivity index (χ0n) is 14.4. The lowest BCUT2D eigenvalue weighted by molar-refractivity contribution is 0.101. The summed E-state index contributed by atoms with van der Waals surface area (Å²) < 4.78 is 2.05. The van der Waals surface area contributed by atoms with E-state index in [9.17, 15) is 4.79 Å². The molecule has 4 rings (SSSR count). The molecule has 1 aliphatic rings. The second-order valence-electron chi connectivity index (χ2n) is 6.50. The van der Waals surface area contributed by atoms with E-state index < -0.39 is 0 Å². The Morgan fingerprint density at radius 1 is 1.28 bits per heavy atom. The van der Waals surface area contributed by atoms with E-state index in [1.807, 2.05) is 31.3 Å². The normalized spacial score (nSPS) is 17.8. The summed E-state index contributed by atoms with van der Waals surface area (Å²) in [6, 6.07) is 5.92. The van der Waals surface area contributed by atoms with Gasteiger partial charge < -0.3 is 4.90 Å². The predicted molar refractivity (Wildman–Crippen MR) is 93.9 cm³/mol. The first-order valence-electron chi connectivity index (χ1n) is 8.52. The van der Waals surface area contributed by atoms with Crippen LogP contribution < -0.4 is 4.90 Å². The number of anilines is 1. The summed E-state index contributed by atoms with van der Waals surface area (Å²) in [7, 11) is 0. The van der Waals surface area contributed by atoms with Gasteiger partial charge in [-0.3, -0.25) is 9.20 Å². The lowest BCUT2D eigenvalue weighted by Gasteiger charge is -2.32. The molecule has 3 aromatic rings. The van der Waals surface area contributed by atoms with E-state index in [-0.39, 0.29) is 11.7 Å². The van der Waals surface area contributed by atoms with Crippen LogP contribution in [0, 0.1) is 6.92 Å². The van der Waals surface area contributed by atoms with Crippen molar-refractivity contribution in [2.75, 3.05) is 18.0 Å². The zero-order chi connectivity index (χ0) is 17.4. The summed E-state index contributed by atoms with van der Waals surface area (Å²) in [5.41, 5.74) is 2.18. The zero-order valence-corrected chi connectivity index (χ0v) is 14.4. The molecule has 0 aliphatic carbocycles. The molecule has 0 radical (unpaired) electrons. The summed E-state index contributed by atoms with van der Waals surface area (Å²) in [6.07, 6.45) is 5.75. The van der Waals surface area contributed by atoms with Gasteiger partial charge in [-0.1, -0.05) is 6.07 Å². The molecule has 0 aromatic carbocycles. The number of carbonyl (C=O) groups excluding carboxylic acids is 1. The number of aryl methyl sites for hydroxylation is 1. The number of hydrogen-bond acceptors (Lipinski definition) is 6.